The highest BCUT2D eigenvalue weighted by atomic mass is 19.1. The third-order valence-electron chi connectivity index (χ3n) is 1.70. The molecule has 0 bridgehead atoms. The van der Waals surface area contributed by atoms with E-state index in [2.05, 4.69) is 5.92 Å². The number of carboxylic acids is 1. The van der Waals surface area contributed by atoms with Crippen molar-refractivity contribution in [2.24, 2.45) is 0 Å². The molecule has 0 amide bonds. The van der Waals surface area contributed by atoms with Crippen LogP contribution in [0.15, 0.2) is 18.2 Å². The van der Waals surface area contributed by atoms with Crippen LogP contribution < -0.4 is 4.74 Å². The zero-order valence-corrected chi connectivity index (χ0v) is 8.08. The first-order valence-electron chi connectivity index (χ1n) is 4.17. The van der Waals surface area contributed by atoms with Crippen LogP contribution in [0.1, 0.15) is 5.56 Å². The lowest BCUT2D eigenvalue weighted by Crippen LogP contribution is -1.91. The zero-order valence-electron chi connectivity index (χ0n) is 8.08. The van der Waals surface area contributed by atoms with Crippen molar-refractivity contribution >= 4 is 5.97 Å². The zero-order chi connectivity index (χ0) is 11.3. The molecule has 0 aromatic heterocycles. The molecule has 0 aliphatic heterocycles. The fourth-order valence-electron chi connectivity index (χ4n) is 1.04. The molecule has 0 saturated heterocycles. The SMILES string of the molecule is COc1ccc(CC#CC(=O)O)cc1F. The summed E-state index contributed by atoms with van der Waals surface area (Å²) in [5, 5.41) is 8.26. The van der Waals surface area contributed by atoms with Crippen molar-refractivity contribution in [3.8, 4) is 17.6 Å². The van der Waals surface area contributed by atoms with Gasteiger partial charge >= 0.3 is 5.97 Å². The third kappa shape index (κ3) is 3.31. The highest BCUT2D eigenvalue weighted by molar-refractivity contribution is 5.86. The second-order valence-electron chi connectivity index (χ2n) is 2.75. The number of benzene rings is 1. The van der Waals surface area contributed by atoms with Crippen LogP contribution in [-0.2, 0) is 11.2 Å². The number of rotatable bonds is 2. The van der Waals surface area contributed by atoms with Crippen LogP contribution in [0.4, 0.5) is 4.39 Å². The normalized spacial score (nSPS) is 8.93. The predicted molar refractivity (Wildman–Crippen MR) is 52.1 cm³/mol. The van der Waals surface area contributed by atoms with E-state index in [4.69, 9.17) is 9.84 Å². The van der Waals surface area contributed by atoms with Gasteiger partial charge in [0.1, 0.15) is 0 Å². The molecule has 1 N–H and O–H groups in total. The lowest BCUT2D eigenvalue weighted by atomic mass is 10.1. The smallest absolute Gasteiger partial charge is 0.381 e. The van der Waals surface area contributed by atoms with E-state index in [0.717, 1.165) is 0 Å². The molecular weight excluding hydrogens is 199 g/mol. The molecule has 15 heavy (non-hydrogen) atoms. The minimum Gasteiger partial charge on any atom is -0.494 e. The van der Waals surface area contributed by atoms with Gasteiger partial charge in [-0.2, -0.15) is 0 Å². The van der Waals surface area contributed by atoms with Crippen molar-refractivity contribution in [2.75, 3.05) is 7.11 Å². The topological polar surface area (TPSA) is 46.5 Å². The number of hydrogen-bond donors (Lipinski definition) is 1. The van der Waals surface area contributed by atoms with E-state index in [1.54, 1.807) is 6.07 Å². The van der Waals surface area contributed by atoms with E-state index in [0.29, 0.717) is 5.56 Å². The second kappa shape index (κ2) is 5.01. The van der Waals surface area contributed by atoms with E-state index in [1.165, 1.54) is 19.2 Å². The average Bonchev–Trinajstić information content (AvgIpc) is 2.17. The lowest BCUT2D eigenvalue weighted by molar-refractivity contribution is -0.130. The van der Waals surface area contributed by atoms with E-state index < -0.39 is 11.8 Å². The number of ether oxygens (including phenoxy) is 1. The van der Waals surface area contributed by atoms with Gasteiger partial charge in [0.2, 0.25) is 0 Å². The van der Waals surface area contributed by atoms with Gasteiger partial charge in [-0.1, -0.05) is 12.0 Å². The molecule has 1 aromatic carbocycles. The number of hydrogen-bond acceptors (Lipinski definition) is 2. The lowest BCUT2D eigenvalue weighted by Gasteiger charge is -2.02. The third-order valence-corrected chi connectivity index (χ3v) is 1.70. The van der Waals surface area contributed by atoms with Crippen LogP contribution in [0, 0.1) is 17.7 Å². The van der Waals surface area contributed by atoms with E-state index >= 15 is 0 Å². The summed E-state index contributed by atoms with van der Waals surface area (Å²) < 4.78 is 17.9. The maximum absolute atomic E-state index is 13.1. The predicted octanol–water partition coefficient (Wildman–Crippen LogP) is 1.46. The Morgan fingerprint density at radius 2 is 2.33 bits per heavy atom. The van der Waals surface area contributed by atoms with Gasteiger partial charge in [0.25, 0.3) is 0 Å². The highest BCUT2D eigenvalue weighted by Crippen LogP contribution is 2.17. The van der Waals surface area contributed by atoms with Crippen molar-refractivity contribution in [3.63, 3.8) is 0 Å². The van der Waals surface area contributed by atoms with Gasteiger partial charge in [0, 0.05) is 12.3 Å². The maximum atomic E-state index is 13.1. The summed E-state index contributed by atoms with van der Waals surface area (Å²) in [7, 11) is 1.38. The van der Waals surface area contributed by atoms with Crippen LogP contribution in [0.25, 0.3) is 0 Å². The van der Waals surface area contributed by atoms with Crippen molar-refractivity contribution < 1.29 is 19.0 Å². The molecule has 0 radical (unpaired) electrons. The number of carbonyl (C=O) groups is 1. The molecular formula is C11H9FO3. The van der Waals surface area contributed by atoms with Gasteiger partial charge in [-0.05, 0) is 17.7 Å². The first-order chi connectivity index (χ1) is 7.13. The number of aliphatic carboxylic acids is 1. The molecule has 3 nitrogen and oxygen atoms in total. The Morgan fingerprint density at radius 3 is 2.87 bits per heavy atom. The molecule has 1 aromatic rings. The minimum absolute atomic E-state index is 0.157. The quantitative estimate of drug-likeness (QED) is 0.748. The van der Waals surface area contributed by atoms with Crippen LogP contribution in [0.5, 0.6) is 5.75 Å². The van der Waals surface area contributed by atoms with Gasteiger partial charge < -0.3 is 9.84 Å². The Kier molecular flexibility index (Phi) is 3.69. The van der Waals surface area contributed by atoms with Gasteiger partial charge in [-0.3, -0.25) is 0 Å². The summed E-state index contributed by atoms with van der Waals surface area (Å²) in [5.41, 5.74) is 0.613. The first kappa shape index (κ1) is 11.1. The van der Waals surface area contributed by atoms with Crippen LogP contribution in [0.2, 0.25) is 0 Å². The molecule has 0 heterocycles. The Labute approximate surface area is 86.5 Å². The van der Waals surface area contributed by atoms with E-state index in [9.17, 15) is 9.18 Å². The van der Waals surface area contributed by atoms with Gasteiger partial charge in [-0.25, -0.2) is 9.18 Å². The summed E-state index contributed by atoms with van der Waals surface area (Å²) in [6.07, 6.45) is 0.202. The van der Waals surface area contributed by atoms with Gasteiger partial charge in [0.15, 0.2) is 11.6 Å². The van der Waals surface area contributed by atoms with Crippen molar-refractivity contribution in [1.82, 2.24) is 0 Å². The standard InChI is InChI=1S/C11H9FO3/c1-15-10-6-5-8(7-9(10)12)3-2-4-11(13)14/h5-7H,3H2,1H3,(H,13,14). The maximum Gasteiger partial charge on any atom is 0.381 e. The summed E-state index contributed by atoms with van der Waals surface area (Å²) in [6, 6.07) is 4.39. The Morgan fingerprint density at radius 1 is 1.60 bits per heavy atom. The fraction of sp³-hybridized carbons (Fsp3) is 0.182. The van der Waals surface area contributed by atoms with E-state index in [-0.39, 0.29) is 12.2 Å². The summed E-state index contributed by atoms with van der Waals surface area (Å²) in [5.74, 6) is 2.85. The number of carboxylic acid groups (broad SMARTS) is 1. The Hall–Kier alpha value is -2.02. The molecule has 0 spiro atoms. The highest BCUT2D eigenvalue weighted by Gasteiger charge is 2.01. The van der Waals surface area contributed by atoms with E-state index in [1.807, 2.05) is 5.92 Å². The molecule has 0 aliphatic carbocycles. The largest absolute Gasteiger partial charge is 0.494 e. The van der Waals surface area contributed by atoms with Crippen LogP contribution in [-0.4, -0.2) is 18.2 Å². The monoisotopic (exact) mass is 208 g/mol. The molecule has 1 rings (SSSR count). The molecule has 0 unspecified atom stereocenters. The Bertz CT molecular complexity index is 429. The summed E-state index contributed by atoms with van der Waals surface area (Å²) in [4.78, 5) is 10.1. The first-order valence-corrected chi connectivity index (χ1v) is 4.17. The average molecular weight is 208 g/mol. The number of methoxy groups -OCH3 is 1. The second-order valence-corrected chi connectivity index (χ2v) is 2.75. The van der Waals surface area contributed by atoms with Crippen LogP contribution >= 0.6 is 0 Å². The molecule has 0 saturated carbocycles. The molecule has 4 heteroatoms. The van der Waals surface area contributed by atoms with Gasteiger partial charge in [-0.15, -0.1) is 0 Å². The van der Waals surface area contributed by atoms with Crippen molar-refractivity contribution in [3.05, 3.63) is 29.6 Å². The molecule has 0 atom stereocenters. The van der Waals surface area contributed by atoms with Crippen LogP contribution in [0.3, 0.4) is 0 Å². The Balaban J connectivity index is 2.77. The number of halogens is 1. The molecule has 78 valence electrons. The molecule has 0 fully saturated rings. The summed E-state index contributed by atoms with van der Waals surface area (Å²) >= 11 is 0. The van der Waals surface area contributed by atoms with Crippen molar-refractivity contribution in [1.29, 1.82) is 0 Å². The van der Waals surface area contributed by atoms with Gasteiger partial charge in [0.05, 0.1) is 7.11 Å². The summed E-state index contributed by atoms with van der Waals surface area (Å²) in [6.45, 7) is 0. The van der Waals surface area contributed by atoms with Crippen molar-refractivity contribution in [2.45, 2.75) is 6.42 Å². The fourth-order valence-corrected chi connectivity index (χ4v) is 1.04. The molecule has 0 aliphatic rings. The minimum atomic E-state index is -1.19.